The summed E-state index contributed by atoms with van der Waals surface area (Å²) in [6, 6.07) is 222. The number of nitrogens with zero attached hydrogens (tertiary/aromatic N) is 2. The van der Waals surface area contributed by atoms with E-state index in [9.17, 15) is 0 Å². The molecule has 0 amide bonds. The summed E-state index contributed by atoms with van der Waals surface area (Å²) in [4.78, 5) is 4.77. The quantitative estimate of drug-likeness (QED) is 0.107. The molecule has 0 aliphatic heterocycles. The van der Waals surface area contributed by atoms with Crippen LogP contribution in [0, 0.1) is 0 Å². The Balaban J connectivity index is 0.000000141. The standard InChI is InChI=1S/2C74H49N/c1-4-20-50(21-5-1)53-38-43-57(44-39-53)75(59-27-18-26-55(48-59)51-22-6-2-7-23-51)58-45-40-54(41-46-58)60-31-19-37-70-72(60)63-30-12-15-34-66(63)74(70)68-36-17-16-35-67(68)73(64-32-13-10-28-61(64)62-29-11-14-33-65(62)73)71-49-56(42-47-69(71)74)52-24-8-3-9-25-52;1-4-19-50(20-5-1)53-35-42-57(43-36-53)75(58-44-37-54(38-45-58)51-21-6-2-7-22-51)59-46-39-55(40-47-59)60-28-18-34-70-72(60)63-27-12-15-31-66(63)74(70)68-33-17-16-32-67(68)73(64-29-13-10-25-61(64)62-26-11-14-30-65(62)73)71-49-56(41-48-69(71)74)52-23-8-3-9-24-52/h2*1-49H. The topological polar surface area (TPSA) is 6.48 Å². The van der Waals surface area contributed by atoms with Gasteiger partial charge in [0.2, 0.25) is 0 Å². The van der Waals surface area contributed by atoms with Crippen LogP contribution in [0.15, 0.2) is 595 Å². The molecule has 6 aliphatic rings. The minimum absolute atomic E-state index is 0.546. The van der Waals surface area contributed by atoms with E-state index in [0.717, 1.165) is 34.1 Å². The van der Waals surface area contributed by atoms with E-state index in [-0.39, 0.29) is 0 Å². The highest BCUT2D eigenvalue weighted by atomic mass is 15.1. The second kappa shape index (κ2) is 35.4. The van der Waals surface area contributed by atoms with Crippen LogP contribution in [-0.4, -0.2) is 0 Å². The van der Waals surface area contributed by atoms with E-state index < -0.39 is 21.7 Å². The van der Waals surface area contributed by atoms with Gasteiger partial charge in [-0.3, -0.25) is 0 Å². The van der Waals surface area contributed by atoms with Crippen LogP contribution in [0.1, 0.15) is 89.0 Å². The molecule has 30 rings (SSSR count). The second-order valence-corrected chi connectivity index (χ2v) is 40.5. The Morgan fingerprint density at radius 3 is 0.567 bits per heavy atom. The van der Waals surface area contributed by atoms with Crippen molar-refractivity contribution in [1.29, 1.82) is 0 Å². The van der Waals surface area contributed by atoms with Crippen molar-refractivity contribution in [3.05, 3.63) is 684 Å². The fourth-order valence-electron chi connectivity index (χ4n) is 27.0. The summed E-state index contributed by atoms with van der Waals surface area (Å²) in [7, 11) is 0. The molecule has 0 saturated heterocycles. The molecule has 0 saturated carbocycles. The molecule has 24 aromatic rings. The Bertz CT molecular complexity index is 9210. The van der Waals surface area contributed by atoms with Crippen molar-refractivity contribution in [2.24, 2.45) is 0 Å². The zero-order valence-corrected chi connectivity index (χ0v) is 82.5. The predicted molar refractivity (Wildman–Crippen MR) is 622 cm³/mol. The van der Waals surface area contributed by atoms with Crippen LogP contribution in [0.2, 0.25) is 0 Å². The fourth-order valence-corrected chi connectivity index (χ4v) is 27.0. The van der Waals surface area contributed by atoms with Crippen LogP contribution in [0.25, 0.3) is 134 Å². The van der Waals surface area contributed by atoms with Gasteiger partial charge in [-0.25, -0.2) is 0 Å². The normalized spacial score (nSPS) is 14.8. The zero-order chi connectivity index (χ0) is 99.0. The molecule has 2 nitrogen and oxygen atoms in total. The van der Waals surface area contributed by atoms with Gasteiger partial charge >= 0.3 is 0 Å². The highest BCUT2D eigenvalue weighted by Crippen LogP contribution is 2.72. The van der Waals surface area contributed by atoms with E-state index in [1.165, 1.54) is 223 Å². The highest BCUT2D eigenvalue weighted by molar-refractivity contribution is 6.03. The maximum Gasteiger partial charge on any atom is 0.0720 e. The minimum atomic E-state index is -0.604. The summed E-state index contributed by atoms with van der Waals surface area (Å²) in [6.45, 7) is 0. The van der Waals surface area contributed by atoms with Crippen molar-refractivity contribution in [2.75, 3.05) is 9.80 Å². The average Bonchev–Trinajstić information content (AvgIpc) is 1.47. The molecule has 0 heterocycles. The first-order valence-corrected chi connectivity index (χ1v) is 52.3. The SMILES string of the molecule is c1ccc(-c2ccc(N(c3ccc(-c4cccc5c4-c4ccccc4C54c5ccccc5C5(c6ccccc6-c6ccccc65)c5cc(-c6ccccc6)ccc54)cc3)c3cccc(-c4ccccc4)c3)cc2)cc1.c1ccc(-c2ccc(N(c3ccc(-c4ccccc4)cc3)c3ccc(-c4cccc5c4-c4ccccc4C54c5ccccc5C5(c6ccccc6-c6ccccc65)c5cc(-c6ccccc6)ccc54)cc3)cc2)cc1. The molecule has 24 aromatic carbocycles. The van der Waals surface area contributed by atoms with Crippen molar-refractivity contribution >= 4 is 34.1 Å². The van der Waals surface area contributed by atoms with E-state index in [1.54, 1.807) is 0 Å². The number of hydrogen-bond acceptors (Lipinski definition) is 2. The van der Waals surface area contributed by atoms with Crippen molar-refractivity contribution in [1.82, 2.24) is 0 Å². The third-order valence-corrected chi connectivity index (χ3v) is 33.2. The fraction of sp³-hybridized carbons (Fsp3) is 0.0270. The molecule has 150 heavy (non-hydrogen) atoms. The summed E-state index contributed by atoms with van der Waals surface area (Å²) >= 11 is 0. The Kier molecular flexibility index (Phi) is 20.6. The van der Waals surface area contributed by atoms with Crippen molar-refractivity contribution in [3.63, 3.8) is 0 Å². The van der Waals surface area contributed by atoms with Crippen LogP contribution >= 0.6 is 0 Å². The van der Waals surface area contributed by atoms with Gasteiger partial charge in [-0.05, 0) is 307 Å². The predicted octanol–water partition coefficient (Wildman–Crippen LogP) is 37.7. The molecule has 700 valence electrons. The molecule has 2 unspecified atom stereocenters. The van der Waals surface area contributed by atoms with Crippen molar-refractivity contribution < 1.29 is 0 Å². The van der Waals surface area contributed by atoms with Crippen LogP contribution in [0.3, 0.4) is 0 Å². The van der Waals surface area contributed by atoms with E-state index in [2.05, 4.69) is 604 Å². The minimum Gasteiger partial charge on any atom is -0.311 e. The molecule has 0 fully saturated rings. The van der Waals surface area contributed by atoms with Crippen LogP contribution < -0.4 is 9.80 Å². The van der Waals surface area contributed by atoms with Gasteiger partial charge in [0.05, 0.1) is 21.7 Å². The van der Waals surface area contributed by atoms with E-state index in [1.807, 2.05) is 0 Å². The third kappa shape index (κ3) is 13.2. The first kappa shape index (κ1) is 87.5. The largest absolute Gasteiger partial charge is 0.311 e. The van der Waals surface area contributed by atoms with E-state index in [4.69, 9.17) is 0 Å². The Labute approximate surface area is 876 Å². The van der Waals surface area contributed by atoms with Crippen LogP contribution in [-0.2, 0) is 21.7 Å². The van der Waals surface area contributed by atoms with Crippen LogP contribution in [0.4, 0.5) is 34.1 Å². The molecule has 0 bridgehead atoms. The molecular weight excluding hydrogens is 1810 g/mol. The van der Waals surface area contributed by atoms with Gasteiger partial charge in [-0.15, -0.1) is 0 Å². The molecule has 0 aromatic heterocycles. The number of rotatable bonds is 14. The lowest BCUT2D eigenvalue weighted by molar-refractivity contribution is 0.633. The van der Waals surface area contributed by atoms with E-state index >= 15 is 0 Å². The van der Waals surface area contributed by atoms with Gasteiger partial charge in [0.15, 0.2) is 0 Å². The van der Waals surface area contributed by atoms with Gasteiger partial charge < -0.3 is 9.80 Å². The lowest BCUT2D eigenvalue weighted by atomic mass is 9.52. The third-order valence-electron chi connectivity index (χ3n) is 33.2. The Hall–Kier alpha value is -19.1. The summed E-state index contributed by atoms with van der Waals surface area (Å²) in [6.07, 6.45) is 0. The second-order valence-electron chi connectivity index (χ2n) is 40.5. The van der Waals surface area contributed by atoms with Crippen molar-refractivity contribution in [3.8, 4) is 134 Å². The molecule has 2 heteroatoms. The lowest BCUT2D eigenvalue weighted by Gasteiger charge is -2.49. The highest BCUT2D eigenvalue weighted by Gasteiger charge is 2.62. The first-order valence-electron chi connectivity index (χ1n) is 52.3. The molecule has 0 radical (unpaired) electrons. The van der Waals surface area contributed by atoms with Crippen LogP contribution in [0.5, 0.6) is 0 Å². The summed E-state index contributed by atoms with van der Waals surface area (Å²) in [5.41, 5.74) is 55.2. The van der Waals surface area contributed by atoms with Crippen molar-refractivity contribution in [2.45, 2.75) is 21.7 Å². The Morgan fingerprint density at radius 2 is 0.273 bits per heavy atom. The van der Waals surface area contributed by atoms with E-state index in [0.29, 0.717) is 0 Å². The van der Waals surface area contributed by atoms with Gasteiger partial charge in [-0.2, -0.15) is 0 Å². The summed E-state index contributed by atoms with van der Waals surface area (Å²) in [5, 5.41) is 0. The molecule has 2 atom stereocenters. The number of hydrogen-bond donors (Lipinski definition) is 0. The maximum absolute atomic E-state index is 2.54. The monoisotopic (exact) mass is 1900 g/mol. The number of fused-ring (bicyclic) bond motifs is 32. The molecule has 6 aliphatic carbocycles. The summed E-state index contributed by atoms with van der Waals surface area (Å²) in [5.74, 6) is 0. The average molecular weight is 1900 g/mol. The van der Waals surface area contributed by atoms with Gasteiger partial charge in [0.25, 0.3) is 0 Å². The molecular formula is C148H98N2. The number of benzene rings is 24. The summed E-state index contributed by atoms with van der Waals surface area (Å²) < 4.78 is 0. The number of anilines is 6. The smallest absolute Gasteiger partial charge is 0.0720 e. The molecule has 4 spiro atoms. The van der Waals surface area contributed by atoms with Gasteiger partial charge in [0.1, 0.15) is 0 Å². The Morgan fingerprint density at radius 1 is 0.0933 bits per heavy atom. The maximum atomic E-state index is 2.54. The first-order chi connectivity index (χ1) is 74.4. The zero-order valence-electron chi connectivity index (χ0n) is 82.5. The lowest BCUT2D eigenvalue weighted by Crippen LogP contribution is -2.43. The van der Waals surface area contributed by atoms with Gasteiger partial charge in [-0.1, -0.05) is 510 Å². The van der Waals surface area contributed by atoms with Gasteiger partial charge in [0, 0.05) is 34.1 Å². The molecule has 0 N–H and O–H groups in total.